The Morgan fingerprint density at radius 1 is 0.966 bits per heavy atom. The quantitative estimate of drug-likeness (QED) is 0.497. The van der Waals surface area contributed by atoms with Gasteiger partial charge in [0.25, 0.3) is 5.91 Å². The molecule has 0 unspecified atom stereocenters. The molecule has 3 N–H and O–H groups in total. The molecule has 29 heavy (non-hydrogen) atoms. The van der Waals surface area contributed by atoms with Gasteiger partial charge in [-0.1, -0.05) is 54.1 Å². The predicted molar refractivity (Wildman–Crippen MR) is 114 cm³/mol. The highest BCUT2D eigenvalue weighted by Crippen LogP contribution is 2.33. The molecule has 3 aromatic rings. The Morgan fingerprint density at radius 2 is 1.66 bits per heavy atom. The summed E-state index contributed by atoms with van der Waals surface area (Å²) in [7, 11) is 0. The zero-order chi connectivity index (χ0) is 20.8. The van der Waals surface area contributed by atoms with Gasteiger partial charge >= 0.3 is 5.97 Å². The largest absolute Gasteiger partial charge is 0.478 e. The number of carbonyl (C=O) groups is 3. The van der Waals surface area contributed by atoms with Crippen molar-refractivity contribution in [3.8, 4) is 0 Å². The standard InChI is InChI=1S/C21H17ClN2O4S/c22-15-9-5-4-8-14(15)19(26)23-16-12-29-20(18(16)21(27)28)24-17(25)11-10-13-6-2-1-3-7-13/h1-9,12H,10-11H2,(H,23,26)(H,24,25)(H,27,28). The normalized spacial score (nSPS) is 10.4. The highest BCUT2D eigenvalue weighted by molar-refractivity contribution is 7.15. The van der Waals surface area contributed by atoms with Crippen LogP contribution in [0.1, 0.15) is 32.7 Å². The summed E-state index contributed by atoms with van der Waals surface area (Å²) in [6, 6.07) is 16.0. The highest BCUT2D eigenvalue weighted by Gasteiger charge is 2.22. The van der Waals surface area contributed by atoms with E-state index >= 15 is 0 Å². The Morgan fingerprint density at radius 3 is 2.34 bits per heavy atom. The van der Waals surface area contributed by atoms with E-state index in [0.717, 1.165) is 16.9 Å². The SMILES string of the molecule is O=C(CCc1ccccc1)Nc1scc(NC(=O)c2ccccc2Cl)c1C(=O)O. The number of anilines is 2. The van der Waals surface area contributed by atoms with E-state index in [1.54, 1.807) is 18.2 Å². The van der Waals surface area contributed by atoms with Crippen LogP contribution in [0.3, 0.4) is 0 Å². The monoisotopic (exact) mass is 428 g/mol. The second-order valence-corrected chi connectivity index (χ2v) is 7.41. The van der Waals surface area contributed by atoms with E-state index < -0.39 is 11.9 Å². The van der Waals surface area contributed by atoms with E-state index in [0.29, 0.717) is 6.42 Å². The molecule has 2 amide bonds. The lowest BCUT2D eigenvalue weighted by molar-refractivity contribution is -0.116. The number of rotatable bonds is 7. The van der Waals surface area contributed by atoms with E-state index in [2.05, 4.69) is 10.6 Å². The summed E-state index contributed by atoms with van der Waals surface area (Å²) < 4.78 is 0. The number of aromatic carboxylic acids is 1. The van der Waals surface area contributed by atoms with Crippen molar-refractivity contribution >= 4 is 51.4 Å². The van der Waals surface area contributed by atoms with E-state index in [1.807, 2.05) is 30.3 Å². The van der Waals surface area contributed by atoms with Gasteiger partial charge in [-0.2, -0.15) is 0 Å². The average molecular weight is 429 g/mol. The molecule has 0 saturated carbocycles. The van der Waals surface area contributed by atoms with E-state index in [1.165, 1.54) is 11.4 Å². The van der Waals surface area contributed by atoms with Crippen LogP contribution in [0.5, 0.6) is 0 Å². The molecule has 0 spiro atoms. The van der Waals surface area contributed by atoms with Gasteiger partial charge in [0.1, 0.15) is 10.6 Å². The minimum atomic E-state index is -1.25. The van der Waals surface area contributed by atoms with Crippen molar-refractivity contribution in [3.63, 3.8) is 0 Å². The summed E-state index contributed by atoms with van der Waals surface area (Å²) in [5.74, 6) is -2.08. The van der Waals surface area contributed by atoms with Gasteiger partial charge in [0.05, 0.1) is 16.3 Å². The number of carboxylic acid groups (broad SMARTS) is 1. The van der Waals surface area contributed by atoms with Gasteiger partial charge in [0, 0.05) is 11.8 Å². The average Bonchev–Trinajstić information content (AvgIpc) is 3.09. The van der Waals surface area contributed by atoms with Gasteiger partial charge in [-0.05, 0) is 24.1 Å². The lowest BCUT2D eigenvalue weighted by Gasteiger charge is -2.08. The van der Waals surface area contributed by atoms with Crippen molar-refractivity contribution in [2.75, 3.05) is 10.6 Å². The Labute approximate surface area is 176 Å². The fourth-order valence-corrected chi connectivity index (χ4v) is 3.80. The fraction of sp³-hybridized carbons (Fsp3) is 0.0952. The summed E-state index contributed by atoms with van der Waals surface area (Å²) >= 11 is 7.05. The molecule has 0 fully saturated rings. The molecule has 2 aromatic carbocycles. The first-order valence-corrected chi connectivity index (χ1v) is 9.96. The molecule has 0 bridgehead atoms. The summed E-state index contributed by atoms with van der Waals surface area (Å²) in [4.78, 5) is 36.4. The molecule has 8 heteroatoms. The zero-order valence-electron chi connectivity index (χ0n) is 15.1. The van der Waals surface area contributed by atoms with Crippen LogP contribution >= 0.6 is 22.9 Å². The van der Waals surface area contributed by atoms with Crippen LogP contribution in [-0.4, -0.2) is 22.9 Å². The number of hydrogen-bond donors (Lipinski definition) is 3. The van der Waals surface area contributed by atoms with Crippen molar-refractivity contribution in [2.24, 2.45) is 0 Å². The molecule has 3 rings (SSSR count). The van der Waals surface area contributed by atoms with Crippen LogP contribution in [0.15, 0.2) is 60.0 Å². The van der Waals surface area contributed by atoms with Crippen LogP contribution in [0.25, 0.3) is 0 Å². The molecule has 0 radical (unpaired) electrons. The van der Waals surface area contributed by atoms with Crippen molar-refractivity contribution in [2.45, 2.75) is 12.8 Å². The molecule has 0 aliphatic carbocycles. The smallest absolute Gasteiger partial charge is 0.340 e. The number of nitrogens with one attached hydrogen (secondary N) is 2. The summed E-state index contributed by atoms with van der Waals surface area (Å²) in [5.41, 5.74) is 1.18. The first kappa shape index (κ1) is 20.6. The maximum atomic E-state index is 12.4. The molecule has 0 aliphatic heterocycles. The van der Waals surface area contributed by atoms with Crippen LogP contribution in [0, 0.1) is 0 Å². The summed E-state index contributed by atoms with van der Waals surface area (Å²) in [6.45, 7) is 0. The minimum Gasteiger partial charge on any atom is -0.478 e. The Balaban J connectivity index is 1.71. The summed E-state index contributed by atoms with van der Waals surface area (Å²) in [5, 5.41) is 16.7. The van der Waals surface area contributed by atoms with Gasteiger partial charge in [-0.15, -0.1) is 11.3 Å². The lowest BCUT2D eigenvalue weighted by atomic mass is 10.1. The molecule has 1 aromatic heterocycles. The molecule has 0 saturated heterocycles. The molecule has 0 atom stereocenters. The number of thiophene rings is 1. The maximum absolute atomic E-state index is 12.4. The Bertz CT molecular complexity index is 1050. The molecule has 148 valence electrons. The molecule has 0 aliphatic rings. The van der Waals surface area contributed by atoms with Gasteiger partial charge in [0.15, 0.2) is 0 Å². The number of benzene rings is 2. The topological polar surface area (TPSA) is 95.5 Å². The Hall–Kier alpha value is -3.16. The zero-order valence-corrected chi connectivity index (χ0v) is 16.7. The summed E-state index contributed by atoms with van der Waals surface area (Å²) in [6.07, 6.45) is 0.749. The maximum Gasteiger partial charge on any atom is 0.340 e. The highest BCUT2D eigenvalue weighted by atomic mass is 35.5. The van der Waals surface area contributed by atoms with Gasteiger partial charge in [-0.3, -0.25) is 9.59 Å². The third kappa shape index (κ3) is 5.22. The molecular weight excluding hydrogens is 412 g/mol. The lowest BCUT2D eigenvalue weighted by Crippen LogP contribution is -2.16. The van der Waals surface area contributed by atoms with Crippen LogP contribution in [0.2, 0.25) is 5.02 Å². The van der Waals surface area contributed by atoms with Crippen LogP contribution < -0.4 is 10.6 Å². The van der Waals surface area contributed by atoms with Crippen LogP contribution in [-0.2, 0) is 11.2 Å². The van der Waals surface area contributed by atoms with Crippen molar-refractivity contribution in [1.82, 2.24) is 0 Å². The number of carbonyl (C=O) groups excluding carboxylic acids is 2. The van der Waals surface area contributed by atoms with Crippen molar-refractivity contribution < 1.29 is 19.5 Å². The third-order valence-electron chi connectivity index (χ3n) is 4.11. The second-order valence-electron chi connectivity index (χ2n) is 6.13. The van der Waals surface area contributed by atoms with E-state index in [4.69, 9.17) is 11.6 Å². The van der Waals surface area contributed by atoms with E-state index in [9.17, 15) is 19.5 Å². The molecular formula is C21H17ClN2O4S. The fourth-order valence-electron chi connectivity index (χ4n) is 2.68. The number of carboxylic acids is 1. The van der Waals surface area contributed by atoms with Crippen molar-refractivity contribution in [1.29, 1.82) is 0 Å². The molecule has 1 heterocycles. The Kier molecular flexibility index (Phi) is 6.64. The third-order valence-corrected chi connectivity index (χ3v) is 5.33. The predicted octanol–water partition coefficient (Wildman–Crippen LogP) is 4.92. The number of hydrogen-bond acceptors (Lipinski definition) is 4. The van der Waals surface area contributed by atoms with Gasteiger partial charge in [0.2, 0.25) is 5.91 Å². The minimum absolute atomic E-state index is 0.103. The van der Waals surface area contributed by atoms with E-state index in [-0.39, 0.29) is 39.2 Å². The number of amides is 2. The second kappa shape index (κ2) is 9.36. The first-order chi connectivity index (χ1) is 14.0. The first-order valence-electron chi connectivity index (χ1n) is 8.70. The van der Waals surface area contributed by atoms with Gasteiger partial charge < -0.3 is 15.7 Å². The number of halogens is 1. The molecule has 6 nitrogen and oxygen atoms in total. The van der Waals surface area contributed by atoms with Gasteiger partial charge in [-0.25, -0.2) is 4.79 Å². The van der Waals surface area contributed by atoms with Crippen LogP contribution in [0.4, 0.5) is 10.7 Å². The van der Waals surface area contributed by atoms with Crippen molar-refractivity contribution in [3.05, 3.63) is 81.7 Å². The number of aryl methyl sites for hydroxylation is 1.